The smallest absolute Gasteiger partial charge is 0.163 e. The first-order valence-corrected chi connectivity index (χ1v) is 6.31. The van der Waals surface area contributed by atoms with Crippen LogP contribution in [0.1, 0.15) is 31.1 Å². The minimum Gasteiger partial charge on any atom is -0.305 e. The third kappa shape index (κ3) is 2.98. The Morgan fingerprint density at radius 2 is 2.11 bits per heavy atom. The zero-order valence-electron chi connectivity index (χ0n) is 11.0. The molecule has 2 rings (SSSR count). The first-order chi connectivity index (χ1) is 9.13. The van der Waals surface area contributed by atoms with Crippen LogP contribution in [0.25, 0.3) is 0 Å². The summed E-state index contributed by atoms with van der Waals surface area (Å²) in [5, 5.41) is 7.36. The molecule has 1 aromatic carbocycles. The van der Waals surface area contributed by atoms with Crippen molar-refractivity contribution < 1.29 is 8.78 Å². The summed E-state index contributed by atoms with van der Waals surface area (Å²) in [4.78, 5) is 0. The Labute approximate surface area is 111 Å². The Balaban J connectivity index is 2.04. The molecule has 0 radical (unpaired) electrons. The van der Waals surface area contributed by atoms with Crippen molar-refractivity contribution in [2.45, 2.75) is 33.0 Å². The molecule has 0 aliphatic heterocycles. The molecule has 5 heteroatoms. The van der Waals surface area contributed by atoms with Crippen molar-refractivity contribution in [3.05, 3.63) is 53.4 Å². The van der Waals surface area contributed by atoms with Crippen LogP contribution in [0.15, 0.2) is 30.5 Å². The van der Waals surface area contributed by atoms with Crippen molar-refractivity contribution in [2.24, 2.45) is 0 Å². The predicted octanol–water partition coefficient (Wildman–Crippen LogP) is 3.03. The maximum atomic E-state index is 13.5. The van der Waals surface area contributed by atoms with Crippen LogP contribution in [-0.4, -0.2) is 9.78 Å². The van der Waals surface area contributed by atoms with Crippen LogP contribution in [0, 0.1) is 11.6 Å². The number of hydrogen-bond acceptors (Lipinski definition) is 2. The lowest BCUT2D eigenvalue weighted by Gasteiger charge is -2.15. The summed E-state index contributed by atoms with van der Waals surface area (Å²) < 4.78 is 28.5. The van der Waals surface area contributed by atoms with E-state index in [0.29, 0.717) is 5.56 Å². The SMILES string of the molecule is CCn1nccc1C(C)NCc1cccc(F)c1F. The lowest BCUT2D eigenvalue weighted by Crippen LogP contribution is -2.21. The first-order valence-electron chi connectivity index (χ1n) is 6.31. The number of hydrogen-bond donors (Lipinski definition) is 1. The van der Waals surface area contributed by atoms with Gasteiger partial charge < -0.3 is 5.32 Å². The summed E-state index contributed by atoms with van der Waals surface area (Å²) in [5.74, 6) is -1.60. The van der Waals surface area contributed by atoms with Crippen LogP contribution >= 0.6 is 0 Å². The highest BCUT2D eigenvalue weighted by molar-refractivity contribution is 5.19. The quantitative estimate of drug-likeness (QED) is 0.900. The van der Waals surface area contributed by atoms with E-state index in [2.05, 4.69) is 10.4 Å². The van der Waals surface area contributed by atoms with Crippen molar-refractivity contribution in [2.75, 3.05) is 0 Å². The van der Waals surface area contributed by atoms with Gasteiger partial charge in [-0.2, -0.15) is 5.10 Å². The molecule has 1 unspecified atom stereocenters. The van der Waals surface area contributed by atoms with Crippen molar-refractivity contribution in [1.82, 2.24) is 15.1 Å². The summed E-state index contributed by atoms with van der Waals surface area (Å²) in [7, 11) is 0. The van der Waals surface area contributed by atoms with Crippen LogP contribution in [-0.2, 0) is 13.1 Å². The largest absolute Gasteiger partial charge is 0.305 e. The fourth-order valence-corrected chi connectivity index (χ4v) is 2.03. The molecular weight excluding hydrogens is 248 g/mol. The Hall–Kier alpha value is -1.75. The van der Waals surface area contributed by atoms with Gasteiger partial charge in [0.25, 0.3) is 0 Å². The van der Waals surface area contributed by atoms with Gasteiger partial charge in [-0.3, -0.25) is 4.68 Å². The number of aryl methyl sites for hydroxylation is 1. The lowest BCUT2D eigenvalue weighted by atomic mass is 10.1. The Bertz CT molecular complexity index is 551. The summed E-state index contributed by atoms with van der Waals surface area (Å²) in [6, 6.07) is 6.15. The van der Waals surface area contributed by atoms with E-state index < -0.39 is 11.6 Å². The van der Waals surface area contributed by atoms with Crippen LogP contribution in [0.4, 0.5) is 8.78 Å². The second kappa shape index (κ2) is 5.93. The Kier molecular flexibility index (Phi) is 4.27. The number of benzene rings is 1. The topological polar surface area (TPSA) is 29.9 Å². The summed E-state index contributed by atoms with van der Waals surface area (Å²) >= 11 is 0. The molecular formula is C14H17F2N3. The fraction of sp³-hybridized carbons (Fsp3) is 0.357. The van der Waals surface area contributed by atoms with Crippen LogP contribution < -0.4 is 5.32 Å². The van der Waals surface area contributed by atoms with E-state index in [0.717, 1.165) is 18.3 Å². The number of aromatic nitrogens is 2. The molecule has 2 aromatic rings. The van der Waals surface area contributed by atoms with E-state index in [4.69, 9.17) is 0 Å². The molecule has 0 aliphatic rings. The van der Waals surface area contributed by atoms with Crippen molar-refractivity contribution in [1.29, 1.82) is 0 Å². The van der Waals surface area contributed by atoms with E-state index in [-0.39, 0.29) is 12.6 Å². The molecule has 0 bridgehead atoms. The highest BCUT2D eigenvalue weighted by Gasteiger charge is 2.12. The summed E-state index contributed by atoms with van der Waals surface area (Å²) in [6.45, 7) is 5.04. The van der Waals surface area contributed by atoms with E-state index in [9.17, 15) is 8.78 Å². The van der Waals surface area contributed by atoms with Gasteiger partial charge in [-0.05, 0) is 26.0 Å². The van der Waals surface area contributed by atoms with Gasteiger partial charge >= 0.3 is 0 Å². The van der Waals surface area contributed by atoms with Crippen molar-refractivity contribution >= 4 is 0 Å². The molecule has 1 N–H and O–H groups in total. The van der Waals surface area contributed by atoms with Gasteiger partial charge in [0.1, 0.15) is 0 Å². The summed E-state index contributed by atoms with van der Waals surface area (Å²) in [5.41, 5.74) is 1.36. The molecule has 102 valence electrons. The maximum absolute atomic E-state index is 13.5. The third-order valence-corrected chi connectivity index (χ3v) is 3.12. The first kappa shape index (κ1) is 13.7. The van der Waals surface area contributed by atoms with Crippen LogP contribution in [0.2, 0.25) is 0 Å². The van der Waals surface area contributed by atoms with Gasteiger partial charge in [-0.25, -0.2) is 8.78 Å². The molecule has 0 aliphatic carbocycles. The minimum absolute atomic E-state index is 0.0186. The molecule has 0 fully saturated rings. The van der Waals surface area contributed by atoms with Crippen LogP contribution in [0.3, 0.4) is 0 Å². The molecule has 1 aromatic heterocycles. The number of nitrogens with one attached hydrogen (secondary N) is 1. The molecule has 0 spiro atoms. The van der Waals surface area contributed by atoms with Gasteiger partial charge in [-0.15, -0.1) is 0 Å². The zero-order valence-corrected chi connectivity index (χ0v) is 11.0. The van der Waals surface area contributed by atoms with Gasteiger partial charge in [0.2, 0.25) is 0 Å². The van der Waals surface area contributed by atoms with Gasteiger partial charge in [0.15, 0.2) is 11.6 Å². The molecule has 3 nitrogen and oxygen atoms in total. The van der Waals surface area contributed by atoms with Crippen molar-refractivity contribution in [3.63, 3.8) is 0 Å². The second-order valence-corrected chi connectivity index (χ2v) is 4.39. The number of halogens is 2. The average molecular weight is 265 g/mol. The van der Waals surface area contributed by atoms with E-state index in [1.807, 2.05) is 24.6 Å². The van der Waals surface area contributed by atoms with Crippen molar-refractivity contribution in [3.8, 4) is 0 Å². The fourth-order valence-electron chi connectivity index (χ4n) is 2.03. The van der Waals surface area contributed by atoms with Gasteiger partial charge in [0.05, 0.1) is 5.69 Å². The number of nitrogens with zero attached hydrogens (tertiary/aromatic N) is 2. The predicted molar refractivity (Wildman–Crippen MR) is 69.5 cm³/mol. The van der Waals surface area contributed by atoms with Gasteiger partial charge in [-0.1, -0.05) is 12.1 Å². The van der Waals surface area contributed by atoms with Gasteiger partial charge in [0, 0.05) is 30.9 Å². The molecule has 0 saturated carbocycles. The monoisotopic (exact) mass is 265 g/mol. The standard InChI is InChI=1S/C14H17F2N3/c1-3-19-13(7-8-18-19)10(2)17-9-11-5-4-6-12(15)14(11)16/h4-8,10,17H,3,9H2,1-2H3. The van der Waals surface area contributed by atoms with E-state index in [1.54, 1.807) is 12.3 Å². The van der Waals surface area contributed by atoms with E-state index >= 15 is 0 Å². The summed E-state index contributed by atoms with van der Waals surface area (Å²) in [6.07, 6.45) is 1.74. The normalized spacial score (nSPS) is 12.6. The molecule has 1 heterocycles. The molecule has 0 saturated heterocycles. The Morgan fingerprint density at radius 3 is 2.84 bits per heavy atom. The highest BCUT2D eigenvalue weighted by atomic mass is 19.2. The molecule has 1 atom stereocenters. The molecule has 19 heavy (non-hydrogen) atoms. The minimum atomic E-state index is -0.814. The Morgan fingerprint density at radius 1 is 1.32 bits per heavy atom. The second-order valence-electron chi connectivity index (χ2n) is 4.39. The highest BCUT2D eigenvalue weighted by Crippen LogP contribution is 2.15. The van der Waals surface area contributed by atoms with E-state index in [1.165, 1.54) is 6.07 Å². The number of rotatable bonds is 5. The average Bonchev–Trinajstić information content (AvgIpc) is 2.88. The third-order valence-electron chi connectivity index (χ3n) is 3.12. The molecule has 0 amide bonds. The lowest BCUT2D eigenvalue weighted by molar-refractivity contribution is 0.473. The van der Waals surface area contributed by atoms with Crippen LogP contribution in [0.5, 0.6) is 0 Å². The maximum Gasteiger partial charge on any atom is 0.163 e. The zero-order chi connectivity index (χ0) is 13.8.